The lowest BCUT2D eigenvalue weighted by Gasteiger charge is -1.99. The third-order valence-electron chi connectivity index (χ3n) is 2.76. The maximum atomic E-state index is 9.78. The van der Waals surface area contributed by atoms with Gasteiger partial charge < -0.3 is 14.7 Å². The molecule has 0 aliphatic heterocycles. The van der Waals surface area contributed by atoms with Crippen LogP contribution in [-0.4, -0.2) is 20.4 Å². The molecule has 106 valence electrons. The minimum atomic E-state index is -0.158. The molecule has 0 amide bonds. The van der Waals surface area contributed by atoms with Gasteiger partial charge in [-0.3, -0.25) is 0 Å². The summed E-state index contributed by atoms with van der Waals surface area (Å²) in [5, 5.41) is 23.8. The summed E-state index contributed by atoms with van der Waals surface area (Å²) in [7, 11) is 0. The second-order valence-corrected chi connectivity index (χ2v) is 5.16. The molecule has 0 spiro atoms. The highest BCUT2D eigenvalue weighted by Crippen LogP contribution is 2.33. The van der Waals surface area contributed by atoms with E-state index < -0.39 is 0 Å². The minimum Gasteiger partial charge on any atom is -0.508 e. The zero-order valence-corrected chi connectivity index (χ0v) is 11.9. The fraction of sp³-hybridized carbons (Fsp3) is 0. The number of aromatic hydroxyl groups is 2. The Morgan fingerprint density at radius 1 is 0.952 bits per heavy atom. The van der Waals surface area contributed by atoms with Crippen LogP contribution in [0.25, 0.3) is 22.8 Å². The third kappa shape index (κ3) is 2.79. The van der Waals surface area contributed by atoms with Gasteiger partial charge in [0.15, 0.2) is 0 Å². The number of benzene rings is 2. The number of phenols is 2. The molecule has 0 saturated carbocycles. The second kappa shape index (κ2) is 5.27. The lowest BCUT2D eigenvalue weighted by atomic mass is 10.2. The van der Waals surface area contributed by atoms with E-state index in [2.05, 4.69) is 10.1 Å². The van der Waals surface area contributed by atoms with E-state index >= 15 is 0 Å². The van der Waals surface area contributed by atoms with Crippen molar-refractivity contribution in [1.29, 1.82) is 0 Å². The molecule has 3 rings (SSSR count). The van der Waals surface area contributed by atoms with Crippen LogP contribution in [0.2, 0.25) is 10.0 Å². The summed E-state index contributed by atoms with van der Waals surface area (Å²) in [5.74, 6) is 0.201. The molecule has 0 aliphatic carbocycles. The Hall–Kier alpha value is -2.24. The summed E-state index contributed by atoms with van der Waals surface area (Å²) < 4.78 is 5.12. The third-order valence-corrected chi connectivity index (χ3v) is 3.19. The van der Waals surface area contributed by atoms with Gasteiger partial charge in [0.05, 0.1) is 5.56 Å². The molecule has 3 aromatic rings. The van der Waals surface area contributed by atoms with Crippen molar-refractivity contribution in [1.82, 2.24) is 10.1 Å². The maximum absolute atomic E-state index is 9.78. The first-order valence-electron chi connectivity index (χ1n) is 5.85. The molecule has 0 atom stereocenters. The van der Waals surface area contributed by atoms with Gasteiger partial charge in [0, 0.05) is 21.7 Å². The van der Waals surface area contributed by atoms with Gasteiger partial charge in [0.25, 0.3) is 5.89 Å². The normalized spacial score (nSPS) is 10.8. The van der Waals surface area contributed by atoms with Crippen molar-refractivity contribution in [3.63, 3.8) is 0 Å². The van der Waals surface area contributed by atoms with E-state index in [9.17, 15) is 10.2 Å². The van der Waals surface area contributed by atoms with Crippen molar-refractivity contribution in [2.45, 2.75) is 0 Å². The van der Waals surface area contributed by atoms with Crippen molar-refractivity contribution in [2.75, 3.05) is 0 Å². The summed E-state index contributed by atoms with van der Waals surface area (Å²) in [6, 6.07) is 8.98. The molecule has 0 fully saturated rings. The molecule has 0 unspecified atom stereocenters. The van der Waals surface area contributed by atoms with E-state index in [-0.39, 0.29) is 17.4 Å². The lowest BCUT2D eigenvalue weighted by Crippen LogP contribution is -1.82. The smallest absolute Gasteiger partial charge is 0.262 e. The molecule has 1 heterocycles. The highest BCUT2D eigenvalue weighted by atomic mass is 35.5. The zero-order chi connectivity index (χ0) is 15.0. The molecule has 0 bridgehead atoms. The van der Waals surface area contributed by atoms with Crippen LogP contribution in [0.1, 0.15) is 0 Å². The van der Waals surface area contributed by atoms with E-state index in [1.54, 1.807) is 18.2 Å². The average Bonchev–Trinajstić information content (AvgIpc) is 2.87. The standard InChI is InChI=1S/C14H8Cl2N2O3/c15-8-3-7(4-9(16)5-8)13-17-14(21-18-13)11-2-1-10(19)6-12(11)20/h1-6,19-20H. The fourth-order valence-electron chi connectivity index (χ4n) is 1.83. The summed E-state index contributed by atoms with van der Waals surface area (Å²) in [4.78, 5) is 4.19. The van der Waals surface area contributed by atoms with Gasteiger partial charge in [0.2, 0.25) is 5.82 Å². The van der Waals surface area contributed by atoms with Crippen molar-refractivity contribution in [3.8, 4) is 34.3 Å². The van der Waals surface area contributed by atoms with Gasteiger partial charge in [-0.05, 0) is 30.3 Å². The van der Waals surface area contributed by atoms with Crippen LogP contribution in [0.15, 0.2) is 40.9 Å². The molecule has 1 aromatic heterocycles. The van der Waals surface area contributed by atoms with E-state index in [4.69, 9.17) is 27.7 Å². The molecule has 21 heavy (non-hydrogen) atoms. The van der Waals surface area contributed by atoms with Gasteiger partial charge in [-0.1, -0.05) is 28.4 Å². The van der Waals surface area contributed by atoms with E-state index in [1.165, 1.54) is 18.2 Å². The van der Waals surface area contributed by atoms with Gasteiger partial charge in [-0.15, -0.1) is 0 Å². The lowest BCUT2D eigenvalue weighted by molar-refractivity contribution is 0.423. The van der Waals surface area contributed by atoms with Crippen LogP contribution >= 0.6 is 23.2 Å². The summed E-state index contributed by atoms with van der Waals surface area (Å²) in [5.41, 5.74) is 0.917. The Morgan fingerprint density at radius 2 is 1.67 bits per heavy atom. The number of hydrogen-bond acceptors (Lipinski definition) is 5. The van der Waals surface area contributed by atoms with Gasteiger partial charge in [-0.2, -0.15) is 4.98 Å². The van der Waals surface area contributed by atoms with Gasteiger partial charge in [-0.25, -0.2) is 0 Å². The summed E-state index contributed by atoms with van der Waals surface area (Å²) >= 11 is 11.9. The molecule has 5 nitrogen and oxygen atoms in total. The molecular formula is C14H8Cl2N2O3. The second-order valence-electron chi connectivity index (χ2n) is 4.28. The molecule has 0 saturated heterocycles. The Bertz CT molecular complexity index is 797. The van der Waals surface area contributed by atoms with Crippen molar-refractivity contribution in [2.24, 2.45) is 0 Å². The SMILES string of the molecule is Oc1ccc(-c2nc(-c3cc(Cl)cc(Cl)c3)no2)c(O)c1. The molecule has 7 heteroatoms. The van der Waals surface area contributed by atoms with Gasteiger partial charge in [0.1, 0.15) is 11.5 Å². The number of hydrogen-bond donors (Lipinski definition) is 2. The molecule has 2 aromatic carbocycles. The van der Waals surface area contributed by atoms with Crippen LogP contribution in [-0.2, 0) is 0 Å². The Balaban J connectivity index is 2.03. The van der Waals surface area contributed by atoms with E-state index in [0.717, 1.165) is 0 Å². The Labute approximate surface area is 129 Å². The average molecular weight is 323 g/mol. The number of phenolic OH excluding ortho intramolecular Hbond substituents is 2. The van der Waals surface area contributed by atoms with Crippen molar-refractivity contribution < 1.29 is 14.7 Å². The first-order chi connectivity index (χ1) is 10.0. The predicted octanol–water partition coefficient (Wildman–Crippen LogP) is 4.12. The number of aromatic nitrogens is 2. The molecule has 0 radical (unpaired) electrons. The number of halogens is 2. The molecular weight excluding hydrogens is 315 g/mol. The maximum Gasteiger partial charge on any atom is 0.262 e. The first kappa shape index (κ1) is 13.7. The quantitative estimate of drug-likeness (QED) is 0.741. The van der Waals surface area contributed by atoms with E-state index in [1.807, 2.05) is 0 Å². The summed E-state index contributed by atoms with van der Waals surface area (Å²) in [6.07, 6.45) is 0. The van der Waals surface area contributed by atoms with Crippen LogP contribution < -0.4 is 0 Å². The Kier molecular flexibility index (Phi) is 3.45. The monoisotopic (exact) mass is 322 g/mol. The first-order valence-corrected chi connectivity index (χ1v) is 6.61. The van der Waals surface area contributed by atoms with Crippen LogP contribution in [0, 0.1) is 0 Å². The van der Waals surface area contributed by atoms with Crippen LogP contribution in [0.5, 0.6) is 11.5 Å². The highest BCUT2D eigenvalue weighted by Gasteiger charge is 2.15. The van der Waals surface area contributed by atoms with Crippen LogP contribution in [0.4, 0.5) is 0 Å². The topological polar surface area (TPSA) is 79.4 Å². The molecule has 2 N–H and O–H groups in total. The predicted molar refractivity (Wildman–Crippen MR) is 78.5 cm³/mol. The Morgan fingerprint density at radius 3 is 2.33 bits per heavy atom. The summed E-state index contributed by atoms with van der Waals surface area (Å²) in [6.45, 7) is 0. The highest BCUT2D eigenvalue weighted by molar-refractivity contribution is 6.35. The zero-order valence-electron chi connectivity index (χ0n) is 10.4. The molecule has 0 aliphatic rings. The van der Waals surface area contributed by atoms with Gasteiger partial charge >= 0.3 is 0 Å². The largest absolute Gasteiger partial charge is 0.508 e. The number of rotatable bonds is 2. The van der Waals surface area contributed by atoms with Crippen molar-refractivity contribution in [3.05, 3.63) is 46.4 Å². The number of nitrogens with zero attached hydrogens (tertiary/aromatic N) is 2. The minimum absolute atomic E-state index is 0.0578. The van der Waals surface area contributed by atoms with E-state index in [0.29, 0.717) is 27.0 Å². The van der Waals surface area contributed by atoms with Crippen LogP contribution in [0.3, 0.4) is 0 Å². The fourth-order valence-corrected chi connectivity index (χ4v) is 2.36. The van der Waals surface area contributed by atoms with Crippen molar-refractivity contribution >= 4 is 23.2 Å².